The number of hydrogen-bond donors (Lipinski definition) is 6. The van der Waals surface area contributed by atoms with Crippen LogP contribution in [0.5, 0.6) is 0 Å². The highest BCUT2D eigenvalue weighted by atomic mass is 16.4. The number of hydrogen-bond acceptors (Lipinski definition) is 8. The number of nitrogens with zero attached hydrogens (tertiary/aromatic N) is 2. The topological polar surface area (TPSA) is 147 Å². The number of aliphatic hydroxyl groups excluding tert-OH is 6. The van der Waals surface area contributed by atoms with Crippen LogP contribution in [0.2, 0.25) is 0 Å². The first kappa shape index (κ1) is 14.9. The summed E-state index contributed by atoms with van der Waals surface area (Å²) in [5.74, 6) is 0. The van der Waals surface area contributed by atoms with Crippen molar-refractivity contribution in [1.82, 2.24) is 9.97 Å². The van der Waals surface area contributed by atoms with Crippen molar-refractivity contribution in [2.75, 3.05) is 13.2 Å². The molecular weight excluding hydrogens is 244 g/mol. The van der Waals surface area contributed by atoms with Crippen LogP contribution < -0.4 is 0 Å². The predicted molar refractivity (Wildman–Crippen MR) is 58.1 cm³/mol. The van der Waals surface area contributed by atoms with Crippen LogP contribution in [0.25, 0.3) is 0 Å². The van der Waals surface area contributed by atoms with E-state index in [1.54, 1.807) is 0 Å². The lowest BCUT2D eigenvalue weighted by atomic mass is 10.1. The van der Waals surface area contributed by atoms with Crippen molar-refractivity contribution in [2.45, 2.75) is 24.4 Å². The van der Waals surface area contributed by atoms with Crippen molar-refractivity contribution in [3.05, 3.63) is 23.8 Å². The summed E-state index contributed by atoms with van der Waals surface area (Å²) in [6.45, 7) is -1.32. The van der Waals surface area contributed by atoms with Gasteiger partial charge in [0.15, 0.2) is 0 Å². The molecule has 4 atom stereocenters. The maximum Gasteiger partial charge on any atom is 0.126 e. The third-order valence-electron chi connectivity index (χ3n) is 2.38. The third kappa shape index (κ3) is 3.42. The van der Waals surface area contributed by atoms with Crippen LogP contribution in [0.4, 0.5) is 0 Å². The fourth-order valence-corrected chi connectivity index (χ4v) is 1.28. The van der Waals surface area contributed by atoms with Gasteiger partial charge in [-0.15, -0.1) is 0 Å². The summed E-state index contributed by atoms with van der Waals surface area (Å²) in [6.07, 6.45) is -3.44. The van der Waals surface area contributed by atoms with E-state index < -0.39 is 37.6 Å². The second kappa shape index (κ2) is 6.69. The third-order valence-corrected chi connectivity index (χ3v) is 2.38. The molecule has 1 aromatic heterocycles. The van der Waals surface area contributed by atoms with Gasteiger partial charge in [0, 0.05) is 0 Å². The van der Waals surface area contributed by atoms with Gasteiger partial charge in [-0.2, -0.15) is 0 Å². The Kier molecular flexibility index (Phi) is 5.54. The van der Waals surface area contributed by atoms with Crippen LogP contribution in [0, 0.1) is 0 Å². The Labute approximate surface area is 103 Å². The summed E-state index contributed by atoms with van der Waals surface area (Å²) >= 11 is 0. The smallest absolute Gasteiger partial charge is 0.126 e. The molecule has 4 unspecified atom stereocenters. The molecule has 8 heteroatoms. The molecule has 0 saturated carbocycles. The molecule has 1 rings (SSSR count). The van der Waals surface area contributed by atoms with E-state index in [1.807, 2.05) is 0 Å². The molecule has 0 aliphatic heterocycles. The molecule has 0 aliphatic rings. The molecule has 0 aliphatic carbocycles. The Bertz CT molecular complexity index is 346. The molecule has 102 valence electrons. The zero-order valence-corrected chi connectivity index (χ0v) is 9.46. The lowest BCUT2D eigenvalue weighted by molar-refractivity contribution is -0.0230. The molecule has 0 aromatic carbocycles. The highest BCUT2D eigenvalue weighted by molar-refractivity contribution is 5.10. The van der Waals surface area contributed by atoms with Gasteiger partial charge in [0.25, 0.3) is 0 Å². The zero-order chi connectivity index (χ0) is 13.7. The average Bonchev–Trinajstić information content (AvgIpc) is 2.43. The normalized spacial score (nSPS) is 18.1. The lowest BCUT2D eigenvalue weighted by Crippen LogP contribution is -2.26. The molecule has 0 bridgehead atoms. The van der Waals surface area contributed by atoms with Gasteiger partial charge >= 0.3 is 0 Å². The largest absolute Gasteiger partial charge is 0.394 e. The molecule has 0 saturated heterocycles. The van der Waals surface area contributed by atoms with E-state index in [2.05, 4.69) is 9.97 Å². The van der Waals surface area contributed by atoms with Crippen LogP contribution in [0.1, 0.15) is 23.6 Å². The Morgan fingerprint density at radius 2 is 1.22 bits per heavy atom. The van der Waals surface area contributed by atoms with Gasteiger partial charge in [-0.3, -0.25) is 4.98 Å². The standard InChI is InChI=1S/C10H16N2O6/c13-3-7(15)9(17)5-1-11-2-6(12-5)10(18)8(16)4-14/h1-2,7-10,13-18H,3-4H2. The Morgan fingerprint density at radius 3 is 1.56 bits per heavy atom. The second-order valence-corrected chi connectivity index (χ2v) is 3.76. The first-order valence-corrected chi connectivity index (χ1v) is 5.27. The Balaban J connectivity index is 2.91. The Hall–Kier alpha value is -1.16. The van der Waals surface area contributed by atoms with E-state index in [4.69, 9.17) is 10.2 Å². The minimum atomic E-state index is -1.46. The quantitative estimate of drug-likeness (QED) is 0.322. The van der Waals surface area contributed by atoms with Crippen LogP contribution in [0.15, 0.2) is 12.4 Å². The molecule has 0 radical (unpaired) electrons. The first-order chi connectivity index (χ1) is 8.51. The van der Waals surface area contributed by atoms with Crippen molar-refractivity contribution in [1.29, 1.82) is 0 Å². The summed E-state index contributed by atoms with van der Waals surface area (Å²) in [5, 5.41) is 55.0. The second-order valence-electron chi connectivity index (χ2n) is 3.76. The van der Waals surface area contributed by atoms with Gasteiger partial charge in [-0.05, 0) is 0 Å². The molecule has 18 heavy (non-hydrogen) atoms. The Morgan fingerprint density at radius 1 is 0.833 bits per heavy atom. The van der Waals surface area contributed by atoms with Gasteiger partial charge in [-0.1, -0.05) is 0 Å². The fourth-order valence-electron chi connectivity index (χ4n) is 1.28. The fraction of sp³-hybridized carbons (Fsp3) is 0.600. The van der Waals surface area contributed by atoms with E-state index in [0.717, 1.165) is 12.4 Å². The maximum atomic E-state index is 9.59. The SMILES string of the molecule is OCC(O)C(O)c1cncc(C(O)C(O)CO)n1. The monoisotopic (exact) mass is 260 g/mol. The van der Waals surface area contributed by atoms with Gasteiger partial charge in [0.1, 0.15) is 24.4 Å². The summed E-state index contributed by atoms with van der Waals surface area (Å²) < 4.78 is 0. The maximum absolute atomic E-state index is 9.59. The highest BCUT2D eigenvalue weighted by Crippen LogP contribution is 2.18. The molecule has 1 heterocycles. The van der Waals surface area contributed by atoms with E-state index in [1.165, 1.54) is 0 Å². The summed E-state index contributed by atoms with van der Waals surface area (Å²) in [5.41, 5.74) is -0.114. The van der Waals surface area contributed by atoms with Gasteiger partial charge in [-0.25, -0.2) is 4.98 Å². The number of aromatic nitrogens is 2. The van der Waals surface area contributed by atoms with Crippen LogP contribution >= 0.6 is 0 Å². The molecular formula is C10H16N2O6. The molecule has 0 amide bonds. The van der Waals surface area contributed by atoms with Crippen molar-refractivity contribution in [3.8, 4) is 0 Å². The zero-order valence-electron chi connectivity index (χ0n) is 9.46. The molecule has 1 aromatic rings. The predicted octanol–water partition coefficient (Wildman–Crippen LogP) is -2.75. The molecule has 8 nitrogen and oxygen atoms in total. The molecule has 0 spiro atoms. The first-order valence-electron chi connectivity index (χ1n) is 5.27. The van der Waals surface area contributed by atoms with E-state index in [0.29, 0.717) is 0 Å². The van der Waals surface area contributed by atoms with Crippen molar-refractivity contribution >= 4 is 0 Å². The van der Waals surface area contributed by atoms with Crippen LogP contribution in [0.3, 0.4) is 0 Å². The van der Waals surface area contributed by atoms with Crippen molar-refractivity contribution in [2.24, 2.45) is 0 Å². The van der Waals surface area contributed by atoms with Crippen LogP contribution in [-0.4, -0.2) is 66.0 Å². The van der Waals surface area contributed by atoms with Crippen molar-refractivity contribution < 1.29 is 30.6 Å². The summed E-state index contributed by atoms with van der Waals surface area (Å²) in [7, 11) is 0. The summed E-state index contributed by atoms with van der Waals surface area (Å²) in [6, 6.07) is 0. The average molecular weight is 260 g/mol. The van der Waals surface area contributed by atoms with Crippen molar-refractivity contribution in [3.63, 3.8) is 0 Å². The minimum Gasteiger partial charge on any atom is -0.394 e. The van der Waals surface area contributed by atoms with Gasteiger partial charge in [0.05, 0.1) is 37.0 Å². The molecule has 0 fully saturated rings. The molecule has 6 N–H and O–H groups in total. The lowest BCUT2D eigenvalue weighted by Gasteiger charge is -2.18. The minimum absolute atomic E-state index is 0.0572. The number of rotatable bonds is 6. The van der Waals surface area contributed by atoms with E-state index in [-0.39, 0.29) is 11.4 Å². The van der Waals surface area contributed by atoms with Crippen LogP contribution in [-0.2, 0) is 0 Å². The van der Waals surface area contributed by atoms with Gasteiger partial charge < -0.3 is 30.6 Å². The van der Waals surface area contributed by atoms with E-state index in [9.17, 15) is 20.4 Å². The highest BCUT2D eigenvalue weighted by Gasteiger charge is 2.23. The number of aliphatic hydroxyl groups is 6. The summed E-state index contributed by atoms with van der Waals surface area (Å²) in [4.78, 5) is 7.50. The van der Waals surface area contributed by atoms with E-state index >= 15 is 0 Å². The van der Waals surface area contributed by atoms with Gasteiger partial charge in [0.2, 0.25) is 0 Å².